The van der Waals surface area contributed by atoms with E-state index in [-0.39, 0.29) is 18.4 Å². The van der Waals surface area contributed by atoms with Crippen molar-refractivity contribution in [3.63, 3.8) is 0 Å². The van der Waals surface area contributed by atoms with Crippen LogP contribution >= 0.6 is 0 Å². The molecule has 0 spiro atoms. The highest BCUT2D eigenvalue weighted by molar-refractivity contribution is 5.76. The van der Waals surface area contributed by atoms with Gasteiger partial charge < -0.3 is 25.4 Å². The number of hydrogen-bond donors (Lipinski definition) is 4. The zero-order valence-corrected chi connectivity index (χ0v) is 10.6. The van der Waals surface area contributed by atoms with E-state index in [0.717, 1.165) is 25.9 Å². The molecule has 1 unspecified atom stereocenters. The van der Waals surface area contributed by atoms with Crippen molar-refractivity contribution in [3.05, 3.63) is 0 Å². The SMILES string of the molecule is O=C(CCC1CCCCO1)NC(CO)(CO)CO. The van der Waals surface area contributed by atoms with Gasteiger partial charge in [0.25, 0.3) is 0 Å². The molecule has 1 aliphatic heterocycles. The summed E-state index contributed by atoms with van der Waals surface area (Å²) in [5, 5.41) is 29.7. The van der Waals surface area contributed by atoms with E-state index in [4.69, 9.17) is 20.1 Å². The van der Waals surface area contributed by atoms with Gasteiger partial charge in [-0.1, -0.05) is 0 Å². The average molecular weight is 261 g/mol. The summed E-state index contributed by atoms with van der Waals surface area (Å²) in [5.41, 5.74) is -1.33. The fraction of sp³-hybridized carbons (Fsp3) is 0.917. The average Bonchev–Trinajstić information content (AvgIpc) is 2.44. The van der Waals surface area contributed by atoms with Gasteiger partial charge >= 0.3 is 0 Å². The van der Waals surface area contributed by atoms with Crippen molar-refractivity contribution in [2.45, 2.75) is 43.7 Å². The van der Waals surface area contributed by atoms with Crippen molar-refractivity contribution in [2.24, 2.45) is 0 Å². The molecule has 0 aromatic rings. The molecule has 0 aromatic carbocycles. The fourth-order valence-electron chi connectivity index (χ4n) is 1.95. The maximum absolute atomic E-state index is 11.7. The van der Waals surface area contributed by atoms with E-state index < -0.39 is 25.4 Å². The zero-order valence-electron chi connectivity index (χ0n) is 10.6. The molecular weight excluding hydrogens is 238 g/mol. The summed E-state index contributed by atoms with van der Waals surface area (Å²) in [7, 11) is 0. The molecule has 0 bridgehead atoms. The monoisotopic (exact) mass is 261 g/mol. The maximum Gasteiger partial charge on any atom is 0.220 e. The molecule has 1 heterocycles. The van der Waals surface area contributed by atoms with Crippen LogP contribution in [0.2, 0.25) is 0 Å². The number of aliphatic hydroxyl groups excluding tert-OH is 3. The highest BCUT2D eigenvalue weighted by Gasteiger charge is 2.30. The first-order valence-corrected chi connectivity index (χ1v) is 6.41. The van der Waals surface area contributed by atoms with Gasteiger partial charge in [-0.15, -0.1) is 0 Å². The van der Waals surface area contributed by atoms with Gasteiger partial charge in [-0.2, -0.15) is 0 Å². The first-order valence-electron chi connectivity index (χ1n) is 6.41. The van der Waals surface area contributed by atoms with Gasteiger partial charge in [-0.25, -0.2) is 0 Å². The van der Waals surface area contributed by atoms with Crippen molar-refractivity contribution < 1.29 is 24.9 Å². The van der Waals surface area contributed by atoms with Crippen LogP contribution in [-0.2, 0) is 9.53 Å². The number of carbonyl (C=O) groups is 1. The minimum absolute atomic E-state index is 0.122. The largest absolute Gasteiger partial charge is 0.394 e. The Morgan fingerprint density at radius 3 is 2.39 bits per heavy atom. The van der Waals surface area contributed by atoms with Gasteiger partial charge in [0.2, 0.25) is 5.91 Å². The Balaban J connectivity index is 2.31. The predicted octanol–water partition coefficient (Wildman–Crippen LogP) is -0.832. The van der Waals surface area contributed by atoms with Gasteiger partial charge in [0.05, 0.1) is 25.9 Å². The lowest BCUT2D eigenvalue weighted by atomic mass is 10.0. The van der Waals surface area contributed by atoms with Crippen LogP contribution in [0.5, 0.6) is 0 Å². The van der Waals surface area contributed by atoms with Crippen LogP contribution in [0.4, 0.5) is 0 Å². The van der Waals surface area contributed by atoms with Crippen LogP contribution in [0, 0.1) is 0 Å². The van der Waals surface area contributed by atoms with Crippen LogP contribution in [0.3, 0.4) is 0 Å². The molecule has 0 radical (unpaired) electrons. The molecule has 1 amide bonds. The first-order chi connectivity index (χ1) is 8.65. The Hall–Kier alpha value is -0.690. The number of ether oxygens (including phenoxy) is 1. The summed E-state index contributed by atoms with van der Waals surface area (Å²) in [6, 6.07) is 0. The number of aliphatic hydroxyl groups is 3. The van der Waals surface area contributed by atoms with E-state index >= 15 is 0 Å². The van der Waals surface area contributed by atoms with Crippen LogP contribution in [0.15, 0.2) is 0 Å². The van der Waals surface area contributed by atoms with E-state index in [1.54, 1.807) is 0 Å². The molecule has 6 heteroatoms. The maximum atomic E-state index is 11.7. The topological polar surface area (TPSA) is 99.0 Å². The van der Waals surface area contributed by atoms with E-state index in [1.165, 1.54) is 0 Å². The molecule has 1 rings (SSSR count). The summed E-state index contributed by atoms with van der Waals surface area (Å²) in [4.78, 5) is 11.7. The van der Waals surface area contributed by atoms with Crippen LogP contribution in [0.1, 0.15) is 32.1 Å². The molecule has 0 aromatic heterocycles. The molecular formula is C12H23NO5. The summed E-state index contributed by atoms with van der Waals surface area (Å²) in [5.74, 6) is -0.290. The molecule has 1 fully saturated rings. The lowest BCUT2D eigenvalue weighted by Gasteiger charge is -2.29. The van der Waals surface area contributed by atoms with Crippen molar-refractivity contribution in [3.8, 4) is 0 Å². The number of amides is 1. The van der Waals surface area contributed by atoms with Crippen LogP contribution < -0.4 is 5.32 Å². The lowest BCUT2D eigenvalue weighted by Crippen LogP contribution is -2.57. The third-order valence-corrected chi connectivity index (χ3v) is 3.28. The summed E-state index contributed by atoms with van der Waals surface area (Å²) < 4.78 is 5.51. The van der Waals surface area contributed by atoms with Crippen molar-refractivity contribution in [1.82, 2.24) is 5.32 Å². The first kappa shape index (κ1) is 15.4. The van der Waals surface area contributed by atoms with E-state index in [1.807, 2.05) is 0 Å². The molecule has 0 aliphatic carbocycles. The molecule has 18 heavy (non-hydrogen) atoms. The van der Waals surface area contributed by atoms with Crippen molar-refractivity contribution in [1.29, 1.82) is 0 Å². The minimum atomic E-state index is -1.33. The van der Waals surface area contributed by atoms with Crippen LogP contribution in [-0.4, -0.2) is 59.3 Å². The van der Waals surface area contributed by atoms with Gasteiger partial charge in [-0.3, -0.25) is 4.79 Å². The number of hydrogen-bond acceptors (Lipinski definition) is 5. The smallest absolute Gasteiger partial charge is 0.220 e. The quantitative estimate of drug-likeness (QED) is 0.479. The molecule has 106 valence electrons. The highest BCUT2D eigenvalue weighted by Crippen LogP contribution is 2.17. The Morgan fingerprint density at radius 2 is 1.89 bits per heavy atom. The second-order valence-corrected chi connectivity index (χ2v) is 4.83. The lowest BCUT2D eigenvalue weighted by molar-refractivity contribution is -0.126. The zero-order chi connectivity index (χ0) is 13.4. The Bertz CT molecular complexity index is 241. The number of nitrogens with one attached hydrogen (secondary N) is 1. The second-order valence-electron chi connectivity index (χ2n) is 4.83. The van der Waals surface area contributed by atoms with E-state index in [0.29, 0.717) is 6.42 Å². The molecule has 6 nitrogen and oxygen atoms in total. The predicted molar refractivity (Wildman–Crippen MR) is 65.0 cm³/mol. The highest BCUT2D eigenvalue weighted by atomic mass is 16.5. The summed E-state index contributed by atoms with van der Waals surface area (Å²) >= 11 is 0. The Kier molecular flexibility index (Phi) is 6.56. The Morgan fingerprint density at radius 1 is 1.22 bits per heavy atom. The molecule has 1 aliphatic rings. The molecule has 1 saturated heterocycles. The van der Waals surface area contributed by atoms with Crippen LogP contribution in [0.25, 0.3) is 0 Å². The van der Waals surface area contributed by atoms with Gasteiger partial charge in [0.15, 0.2) is 0 Å². The molecule has 4 N–H and O–H groups in total. The normalized spacial score (nSPS) is 20.7. The standard InChI is InChI=1S/C12H23NO5/c14-7-12(8-15,9-16)13-11(17)5-4-10-3-1-2-6-18-10/h10,14-16H,1-9H2,(H,13,17). The second kappa shape index (κ2) is 7.68. The third-order valence-electron chi connectivity index (χ3n) is 3.28. The van der Waals surface area contributed by atoms with Gasteiger partial charge in [0.1, 0.15) is 5.54 Å². The molecule has 1 atom stereocenters. The number of carbonyl (C=O) groups excluding carboxylic acids is 1. The van der Waals surface area contributed by atoms with Crippen molar-refractivity contribution in [2.75, 3.05) is 26.4 Å². The van der Waals surface area contributed by atoms with Gasteiger partial charge in [0, 0.05) is 13.0 Å². The fourth-order valence-corrected chi connectivity index (χ4v) is 1.95. The summed E-state index contributed by atoms with van der Waals surface area (Å²) in [6.45, 7) is -0.733. The van der Waals surface area contributed by atoms with Crippen molar-refractivity contribution >= 4 is 5.91 Å². The molecule has 0 saturated carbocycles. The van der Waals surface area contributed by atoms with Gasteiger partial charge in [-0.05, 0) is 25.7 Å². The van der Waals surface area contributed by atoms with E-state index in [2.05, 4.69) is 5.32 Å². The Labute approximate surface area is 107 Å². The minimum Gasteiger partial charge on any atom is -0.394 e. The van der Waals surface area contributed by atoms with E-state index in [9.17, 15) is 4.79 Å². The third kappa shape index (κ3) is 4.53. The summed E-state index contributed by atoms with van der Waals surface area (Å²) in [6.07, 6.45) is 4.19. The number of rotatable bonds is 7.